The Morgan fingerprint density at radius 1 is 0.951 bits per heavy atom. The van der Waals surface area contributed by atoms with Crippen molar-refractivity contribution in [2.75, 3.05) is 4.90 Å². The quantitative estimate of drug-likeness (QED) is 0.247. The molecule has 7 heteroatoms. The van der Waals surface area contributed by atoms with Crippen molar-refractivity contribution in [3.63, 3.8) is 0 Å². The first-order chi connectivity index (χ1) is 19.9. The van der Waals surface area contributed by atoms with Gasteiger partial charge in [-0.3, -0.25) is 14.4 Å². The van der Waals surface area contributed by atoms with Gasteiger partial charge in [0.1, 0.15) is 0 Å². The molecule has 5 aliphatic carbocycles. The van der Waals surface area contributed by atoms with Gasteiger partial charge >= 0.3 is 0 Å². The van der Waals surface area contributed by atoms with E-state index < -0.39 is 17.3 Å². The second-order valence-corrected chi connectivity index (χ2v) is 13.0. The smallest absolute Gasteiger partial charge is 0.244 e. The zero-order valence-electron chi connectivity index (χ0n) is 22.7. The second kappa shape index (κ2) is 8.62. The molecular formula is C34H30ClN3O3. The molecule has 9 rings (SSSR count). The second-order valence-electron chi connectivity index (χ2n) is 12.6. The van der Waals surface area contributed by atoms with Gasteiger partial charge in [-0.1, -0.05) is 92.0 Å². The van der Waals surface area contributed by atoms with Gasteiger partial charge in [-0.15, -0.1) is 0 Å². The summed E-state index contributed by atoms with van der Waals surface area (Å²) in [5, 5.41) is 4.96. The molecule has 2 saturated carbocycles. The number of rotatable bonds is 4. The molecule has 5 atom stereocenters. The highest BCUT2D eigenvalue weighted by Crippen LogP contribution is 2.66. The summed E-state index contributed by atoms with van der Waals surface area (Å²) in [4.78, 5) is 43.3. The average molecular weight is 564 g/mol. The van der Waals surface area contributed by atoms with Crippen molar-refractivity contribution in [3.05, 3.63) is 100 Å². The topological polar surface area (TPSA) is 78.8 Å². The number of nitrogens with zero attached hydrogens (tertiary/aromatic N) is 2. The van der Waals surface area contributed by atoms with Crippen molar-refractivity contribution < 1.29 is 14.4 Å². The van der Waals surface area contributed by atoms with E-state index in [2.05, 4.69) is 29.6 Å². The Kier molecular flexibility index (Phi) is 5.25. The van der Waals surface area contributed by atoms with E-state index >= 15 is 0 Å². The number of anilines is 1. The number of nitrogens with one attached hydrogen (secondary N) is 1. The fourth-order valence-electron chi connectivity index (χ4n) is 9.04. The van der Waals surface area contributed by atoms with E-state index in [9.17, 15) is 14.4 Å². The third-order valence-electron chi connectivity index (χ3n) is 10.8. The molecule has 3 amide bonds. The van der Waals surface area contributed by atoms with Crippen LogP contribution in [0.1, 0.15) is 60.8 Å². The Labute approximate surface area is 243 Å². The summed E-state index contributed by atoms with van der Waals surface area (Å²) >= 11 is 6.53. The number of hydrogen-bond acceptors (Lipinski definition) is 4. The third kappa shape index (κ3) is 3.14. The molecule has 6 nitrogen and oxygen atoms in total. The van der Waals surface area contributed by atoms with Crippen molar-refractivity contribution in [2.45, 2.75) is 43.9 Å². The number of carbonyl (C=O) groups excluding carboxylic acids is 3. The predicted octanol–water partition coefficient (Wildman–Crippen LogP) is 5.82. The third-order valence-corrected chi connectivity index (χ3v) is 11.2. The lowest BCUT2D eigenvalue weighted by atomic mass is 9.47. The first kappa shape index (κ1) is 25.0. The minimum absolute atomic E-state index is 0.0283. The van der Waals surface area contributed by atoms with Crippen LogP contribution in [0, 0.1) is 29.1 Å². The fraction of sp³-hybridized carbons (Fsp3) is 0.353. The van der Waals surface area contributed by atoms with Gasteiger partial charge in [-0.05, 0) is 58.6 Å². The van der Waals surface area contributed by atoms with Crippen LogP contribution in [-0.4, -0.2) is 23.9 Å². The lowest BCUT2D eigenvalue weighted by Crippen LogP contribution is -2.54. The van der Waals surface area contributed by atoms with Crippen LogP contribution in [0.15, 0.2) is 77.9 Å². The number of carbonyl (C=O) groups is 3. The van der Waals surface area contributed by atoms with Crippen molar-refractivity contribution in [1.29, 1.82) is 0 Å². The van der Waals surface area contributed by atoms with Gasteiger partial charge in [0.15, 0.2) is 0 Å². The number of amides is 3. The number of fused-ring (bicyclic) bond motifs is 1. The Bertz CT molecular complexity index is 1640. The summed E-state index contributed by atoms with van der Waals surface area (Å²) in [5.41, 5.74) is 6.26. The zero-order chi connectivity index (χ0) is 28.1. The van der Waals surface area contributed by atoms with E-state index in [4.69, 9.17) is 11.6 Å². The largest absolute Gasteiger partial charge is 0.274 e. The highest BCUT2D eigenvalue weighted by molar-refractivity contribution is 6.36. The van der Waals surface area contributed by atoms with E-state index in [-0.39, 0.29) is 35.0 Å². The van der Waals surface area contributed by atoms with Gasteiger partial charge in [0, 0.05) is 18.1 Å². The molecule has 1 heterocycles. The van der Waals surface area contributed by atoms with Crippen molar-refractivity contribution in [1.82, 2.24) is 5.43 Å². The van der Waals surface area contributed by atoms with Gasteiger partial charge in [-0.25, -0.2) is 10.3 Å². The molecular weight excluding hydrogens is 534 g/mol. The molecule has 1 saturated heterocycles. The molecule has 0 unspecified atom stereocenters. The molecule has 2 bridgehead atoms. The lowest BCUT2D eigenvalue weighted by molar-refractivity contribution is -0.124. The average Bonchev–Trinajstić information content (AvgIpc) is 3.54. The maximum atomic E-state index is 14.4. The maximum absolute atomic E-state index is 14.4. The Morgan fingerprint density at radius 2 is 1.61 bits per heavy atom. The van der Waals surface area contributed by atoms with Crippen LogP contribution in [0.3, 0.4) is 0 Å². The first-order valence-electron chi connectivity index (χ1n) is 14.5. The molecule has 206 valence electrons. The molecule has 3 aromatic rings. The molecule has 0 spiro atoms. The van der Waals surface area contributed by atoms with Crippen molar-refractivity contribution in [2.24, 2.45) is 34.2 Å². The molecule has 1 N–H and O–H groups in total. The number of hydrogen-bond donors (Lipinski definition) is 1. The normalized spacial score (nSPS) is 34.2. The van der Waals surface area contributed by atoms with E-state index in [0.717, 1.165) is 35.1 Å². The Hall–Kier alpha value is -3.77. The van der Waals surface area contributed by atoms with Crippen molar-refractivity contribution in [3.8, 4) is 0 Å². The molecule has 0 radical (unpaired) electrons. The SMILES string of the molecule is C[C@@]12CCCC[C@@H]1[C@@H]2C(=O)N/N=C\C12c3ccccc3C(c3ccccc31)[C@H]1C(=O)N(c3ccccc3Cl)C(=O)[C@@H]12. The molecule has 41 heavy (non-hydrogen) atoms. The zero-order valence-corrected chi connectivity index (χ0v) is 23.5. The van der Waals surface area contributed by atoms with Gasteiger partial charge in [-0.2, -0.15) is 5.10 Å². The number of hydrazone groups is 1. The highest BCUT2D eigenvalue weighted by Gasteiger charge is 2.68. The standard InChI is InChI=1S/C34H30ClN3O3/c1-33-17-9-8-14-23(33)28(33)30(39)37-36-18-34-21-12-4-2-10-19(21)26(20-11-3-5-13-22(20)34)27-29(34)32(41)38(31(27)40)25-16-7-6-15-24(25)35/h2-7,10-13,15-16,18,23,26-29H,8-9,14,17H2,1H3,(H,37,39)/b36-18-/t23-,26?,27-,28-,29-,33-,34?/m1/s1. The highest BCUT2D eigenvalue weighted by atomic mass is 35.5. The lowest BCUT2D eigenvalue weighted by Gasteiger charge is -2.52. The molecule has 3 fully saturated rings. The fourth-order valence-corrected chi connectivity index (χ4v) is 9.26. The van der Waals surface area contributed by atoms with Gasteiger partial charge < -0.3 is 0 Å². The Morgan fingerprint density at radius 3 is 2.27 bits per heavy atom. The minimum Gasteiger partial charge on any atom is -0.274 e. The molecule has 1 aliphatic heterocycles. The minimum atomic E-state index is -1.02. The van der Waals surface area contributed by atoms with Crippen LogP contribution < -0.4 is 10.3 Å². The maximum Gasteiger partial charge on any atom is 0.244 e. The van der Waals surface area contributed by atoms with Gasteiger partial charge in [0.05, 0.1) is 28.0 Å². The summed E-state index contributed by atoms with van der Waals surface area (Å²) in [6, 6.07) is 23.0. The molecule has 0 aromatic heterocycles. The molecule has 3 aromatic carbocycles. The number of imide groups is 1. The van der Waals surface area contributed by atoms with Crippen LogP contribution in [0.25, 0.3) is 0 Å². The summed E-state index contributed by atoms with van der Waals surface area (Å²) in [6.45, 7) is 2.22. The monoisotopic (exact) mass is 563 g/mol. The molecule has 6 aliphatic rings. The number of para-hydroxylation sites is 1. The van der Waals surface area contributed by atoms with Crippen LogP contribution in [0.4, 0.5) is 5.69 Å². The number of halogens is 1. The first-order valence-corrected chi connectivity index (χ1v) is 14.9. The van der Waals surface area contributed by atoms with E-state index in [1.165, 1.54) is 17.7 Å². The van der Waals surface area contributed by atoms with Crippen LogP contribution in [-0.2, 0) is 19.8 Å². The summed E-state index contributed by atoms with van der Waals surface area (Å²) in [7, 11) is 0. The van der Waals surface area contributed by atoms with E-state index in [0.29, 0.717) is 16.6 Å². The van der Waals surface area contributed by atoms with E-state index in [1.807, 2.05) is 36.4 Å². The van der Waals surface area contributed by atoms with Gasteiger partial charge in [0.25, 0.3) is 0 Å². The number of benzene rings is 3. The van der Waals surface area contributed by atoms with E-state index in [1.54, 1.807) is 30.5 Å². The summed E-state index contributed by atoms with van der Waals surface area (Å²) < 4.78 is 0. The van der Waals surface area contributed by atoms with Crippen molar-refractivity contribution >= 4 is 41.2 Å². The van der Waals surface area contributed by atoms with Gasteiger partial charge in [0.2, 0.25) is 17.7 Å². The van der Waals surface area contributed by atoms with Crippen LogP contribution in [0.5, 0.6) is 0 Å². The van der Waals surface area contributed by atoms with Crippen LogP contribution in [0.2, 0.25) is 5.02 Å². The predicted molar refractivity (Wildman–Crippen MR) is 157 cm³/mol. The Balaban J connectivity index is 1.26. The summed E-state index contributed by atoms with van der Waals surface area (Å²) in [5.74, 6) is -1.81. The van der Waals surface area contributed by atoms with Crippen LogP contribution >= 0.6 is 11.6 Å². The summed E-state index contributed by atoms with van der Waals surface area (Å²) in [6.07, 6.45) is 6.24.